The zero-order valence-electron chi connectivity index (χ0n) is 15.2. The van der Waals surface area contributed by atoms with E-state index in [0.29, 0.717) is 30.1 Å². The molecule has 6 nitrogen and oxygen atoms in total. The molecule has 1 aliphatic rings. The number of nitrogens with zero attached hydrogens (tertiary/aromatic N) is 3. The maximum atomic E-state index is 12.1. The van der Waals surface area contributed by atoms with E-state index in [1.807, 2.05) is 31.2 Å². The highest BCUT2D eigenvalue weighted by atomic mass is 35.5. The van der Waals surface area contributed by atoms with Crippen molar-refractivity contribution >= 4 is 29.5 Å². The normalized spacial score (nSPS) is 14.8. The number of amides is 1. The Morgan fingerprint density at radius 3 is 2.65 bits per heavy atom. The molecule has 1 aliphatic heterocycles. The molecular weight excluding hydrogens is 352 g/mol. The van der Waals surface area contributed by atoms with Gasteiger partial charge >= 0.3 is 6.09 Å². The number of rotatable bonds is 6. The van der Waals surface area contributed by atoms with Crippen molar-refractivity contribution in [3.63, 3.8) is 0 Å². The largest absolute Gasteiger partial charge is 0.444 e. The molecule has 0 radical (unpaired) electrons. The number of alkyl halides is 1. The molecule has 1 unspecified atom stereocenters. The number of ether oxygens (including phenoxy) is 1. The number of nitrogens with one attached hydrogen (secondary N) is 1. The third kappa shape index (κ3) is 4.07. The molecule has 1 atom stereocenters. The third-order valence-electron chi connectivity index (χ3n) is 4.20. The summed E-state index contributed by atoms with van der Waals surface area (Å²) >= 11 is 5.84. The maximum Gasteiger partial charge on any atom is 0.415 e. The molecule has 1 aromatic carbocycles. The lowest BCUT2D eigenvalue weighted by molar-refractivity contribution is 0.140. The minimum atomic E-state index is -0.361. The predicted octanol–water partition coefficient (Wildman–Crippen LogP) is 4.50. The number of hydrogen-bond donors (Lipinski definition) is 1. The molecule has 0 bridgehead atoms. The molecule has 3 rings (SSSR count). The topological polar surface area (TPSA) is 67.4 Å². The van der Waals surface area contributed by atoms with Gasteiger partial charge in [-0.15, -0.1) is 11.6 Å². The van der Waals surface area contributed by atoms with Crippen LogP contribution in [0.15, 0.2) is 30.5 Å². The molecule has 1 aromatic heterocycles. The lowest BCUT2D eigenvalue weighted by Crippen LogP contribution is -2.39. The van der Waals surface area contributed by atoms with Gasteiger partial charge in [-0.2, -0.15) is 4.98 Å². The van der Waals surface area contributed by atoms with Crippen molar-refractivity contribution in [2.45, 2.75) is 39.3 Å². The van der Waals surface area contributed by atoms with Gasteiger partial charge in [0, 0.05) is 18.6 Å². The smallest absolute Gasteiger partial charge is 0.415 e. The minimum absolute atomic E-state index is 0.0199. The average molecular weight is 375 g/mol. The second-order valence-corrected chi connectivity index (χ2v) is 7.11. The molecule has 7 heteroatoms. The van der Waals surface area contributed by atoms with Crippen LogP contribution in [0.1, 0.15) is 43.5 Å². The first-order chi connectivity index (χ1) is 12.5. The monoisotopic (exact) mass is 374 g/mol. The van der Waals surface area contributed by atoms with E-state index < -0.39 is 0 Å². The zero-order chi connectivity index (χ0) is 18.7. The summed E-state index contributed by atoms with van der Waals surface area (Å²) in [7, 11) is 0. The molecule has 1 amide bonds. The summed E-state index contributed by atoms with van der Waals surface area (Å²) in [6.45, 7) is 6.90. The number of cyclic esters (lactones) is 1. The Hall–Kier alpha value is -2.34. The second-order valence-electron chi connectivity index (χ2n) is 6.84. The Balaban J connectivity index is 1.80. The summed E-state index contributed by atoms with van der Waals surface area (Å²) < 4.78 is 5.21. The van der Waals surface area contributed by atoms with Crippen LogP contribution in [0.3, 0.4) is 0 Å². The second kappa shape index (κ2) is 7.91. The Morgan fingerprint density at radius 1 is 1.27 bits per heavy atom. The van der Waals surface area contributed by atoms with Gasteiger partial charge in [0.25, 0.3) is 0 Å². The first-order valence-corrected chi connectivity index (χ1v) is 9.23. The van der Waals surface area contributed by atoms with Crippen LogP contribution in [-0.2, 0) is 17.2 Å². The molecular formula is C19H23ClN4O2. The molecule has 0 aliphatic carbocycles. The van der Waals surface area contributed by atoms with E-state index in [9.17, 15) is 4.79 Å². The van der Waals surface area contributed by atoms with E-state index in [0.717, 1.165) is 16.7 Å². The highest BCUT2D eigenvalue weighted by Gasteiger charge is 2.28. The molecule has 138 valence electrons. The summed E-state index contributed by atoms with van der Waals surface area (Å²) in [6, 6.07) is 8.11. The van der Waals surface area contributed by atoms with Gasteiger partial charge in [0.1, 0.15) is 12.4 Å². The van der Waals surface area contributed by atoms with Crippen LogP contribution in [0.5, 0.6) is 0 Å². The number of carbonyl (C=O) groups is 1. The molecule has 0 saturated heterocycles. The van der Waals surface area contributed by atoms with Crippen molar-refractivity contribution in [1.29, 1.82) is 0 Å². The van der Waals surface area contributed by atoms with E-state index in [1.54, 1.807) is 11.1 Å². The summed E-state index contributed by atoms with van der Waals surface area (Å²) in [5, 5.41) is 3.30. The number of anilines is 2. The van der Waals surface area contributed by atoms with Gasteiger partial charge < -0.3 is 10.1 Å². The quantitative estimate of drug-likeness (QED) is 0.754. The van der Waals surface area contributed by atoms with Crippen molar-refractivity contribution < 1.29 is 9.53 Å². The van der Waals surface area contributed by atoms with E-state index in [2.05, 4.69) is 29.1 Å². The van der Waals surface area contributed by atoms with Crippen molar-refractivity contribution in [2.24, 2.45) is 5.92 Å². The fourth-order valence-corrected chi connectivity index (χ4v) is 2.98. The fraction of sp³-hybridized carbons (Fsp3) is 0.421. The molecule has 2 heterocycles. The van der Waals surface area contributed by atoms with E-state index in [4.69, 9.17) is 16.3 Å². The fourth-order valence-electron chi connectivity index (χ4n) is 2.81. The van der Waals surface area contributed by atoms with Gasteiger partial charge in [0.2, 0.25) is 5.95 Å². The van der Waals surface area contributed by atoms with Crippen molar-refractivity contribution in [3.05, 3.63) is 47.2 Å². The number of hydrogen-bond acceptors (Lipinski definition) is 5. The van der Waals surface area contributed by atoms with Crippen LogP contribution in [0.25, 0.3) is 0 Å². The summed E-state index contributed by atoms with van der Waals surface area (Å²) in [6.07, 6.45) is 1.36. The summed E-state index contributed by atoms with van der Waals surface area (Å²) in [4.78, 5) is 22.6. The number of fused-ring (bicyclic) bond motifs is 1. The Kier molecular flexibility index (Phi) is 5.61. The van der Waals surface area contributed by atoms with E-state index in [-0.39, 0.29) is 18.7 Å². The Bertz CT molecular complexity index is 780. The van der Waals surface area contributed by atoms with Crippen molar-refractivity contribution in [1.82, 2.24) is 9.97 Å². The minimum Gasteiger partial charge on any atom is -0.444 e. The molecule has 0 saturated carbocycles. The zero-order valence-corrected chi connectivity index (χ0v) is 16.0. The standard InChI is InChI=1S/C19H23ClN4O2/c1-12(2)10-24-17-16(11-26-19(24)25)9-21-18(23-17)22-13(3)15-6-4-14(8-20)5-7-15/h4-7,9,12-13H,8,10-11H2,1-3H3,(H,21,22,23). The molecule has 0 fully saturated rings. The first-order valence-electron chi connectivity index (χ1n) is 8.69. The number of halogens is 1. The van der Waals surface area contributed by atoms with Gasteiger partial charge in [-0.05, 0) is 24.0 Å². The van der Waals surface area contributed by atoms with Gasteiger partial charge in [-0.3, -0.25) is 4.90 Å². The highest BCUT2D eigenvalue weighted by molar-refractivity contribution is 6.17. The number of carbonyl (C=O) groups excluding carboxylic acids is 1. The maximum absolute atomic E-state index is 12.1. The van der Waals surface area contributed by atoms with Crippen LogP contribution in [0.2, 0.25) is 0 Å². The third-order valence-corrected chi connectivity index (χ3v) is 4.50. The first kappa shape index (κ1) is 18.5. The van der Waals surface area contributed by atoms with Crippen LogP contribution in [-0.4, -0.2) is 22.6 Å². The van der Waals surface area contributed by atoms with Crippen LogP contribution < -0.4 is 10.2 Å². The molecule has 26 heavy (non-hydrogen) atoms. The molecule has 2 aromatic rings. The lowest BCUT2D eigenvalue weighted by atomic mass is 10.1. The molecule has 0 spiro atoms. The van der Waals surface area contributed by atoms with Crippen molar-refractivity contribution in [3.8, 4) is 0 Å². The predicted molar refractivity (Wildman–Crippen MR) is 102 cm³/mol. The highest BCUT2D eigenvalue weighted by Crippen LogP contribution is 2.27. The Labute approximate surface area is 158 Å². The number of benzene rings is 1. The van der Waals surface area contributed by atoms with Gasteiger partial charge in [0.15, 0.2) is 0 Å². The van der Waals surface area contributed by atoms with Crippen molar-refractivity contribution in [2.75, 3.05) is 16.8 Å². The van der Waals surface area contributed by atoms with Crippen LogP contribution in [0.4, 0.5) is 16.6 Å². The van der Waals surface area contributed by atoms with Crippen LogP contribution in [0, 0.1) is 5.92 Å². The van der Waals surface area contributed by atoms with E-state index >= 15 is 0 Å². The van der Waals surface area contributed by atoms with Gasteiger partial charge in [0.05, 0.1) is 11.6 Å². The van der Waals surface area contributed by atoms with Gasteiger partial charge in [-0.1, -0.05) is 38.1 Å². The van der Waals surface area contributed by atoms with Crippen LogP contribution >= 0.6 is 11.6 Å². The van der Waals surface area contributed by atoms with Gasteiger partial charge in [-0.25, -0.2) is 9.78 Å². The average Bonchev–Trinajstić information content (AvgIpc) is 2.64. The SMILES string of the molecule is CC(C)CN1C(=O)OCc2cnc(NC(C)c3ccc(CCl)cc3)nc21. The lowest BCUT2D eigenvalue weighted by Gasteiger charge is -2.29. The summed E-state index contributed by atoms with van der Waals surface area (Å²) in [5.74, 6) is 1.91. The summed E-state index contributed by atoms with van der Waals surface area (Å²) in [5.41, 5.74) is 3.00. The van der Waals surface area contributed by atoms with E-state index in [1.165, 1.54) is 0 Å². The Morgan fingerprint density at radius 2 is 2.00 bits per heavy atom. The molecule has 1 N–H and O–H groups in total. The number of aromatic nitrogens is 2.